The van der Waals surface area contributed by atoms with Crippen LogP contribution in [0.15, 0.2) is 17.7 Å². The monoisotopic (exact) mass is 300 g/mol. The largest absolute Gasteiger partial charge is 0.354 e. The van der Waals surface area contributed by atoms with Crippen LogP contribution >= 0.6 is 0 Å². The average molecular weight is 300 g/mol. The van der Waals surface area contributed by atoms with E-state index >= 15 is 0 Å². The zero-order valence-electron chi connectivity index (χ0n) is 13.2. The van der Waals surface area contributed by atoms with Gasteiger partial charge in [0.25, 0.3) is 5.91 Å². The van der Waals surface area contributed by atoms with Gasteiger partial charge >= 0.3 is 0 Å². The van der Waals surface area contributed by atoms with Crippen molar-refractivity contribution in [3.8, 4) is 0 Å². The normalized spacial score (nSPS) is 17.8. The van der Waals surface area contributed by atoms with E-state index in [1.165, 1.54) is 31.3 Å². The number of carbonyl (C=O) groups excluding carboxylic acids is 1. The fourth-order valence-electron chi connectivity index (χ4n) is 2.72. The predicted octanol–water partition coefficient (Wildman–Crippen LogP) is 2.98. The minimum atomic E-state index is -0.0916. The Balaban J connectivity index is 1.56. The molecule has 5 heteroatoms. The number of anilines is 1. The van der Waals surface area contributed by atoms with Crippen molar-refractivity contribution in [2.75, 3.05) is 11.9 Å². The number of hydrogen-bond donors (Lipinski definition) is 2. The molecule has 0 spiro atoms. The van der Waals surface area contributed by atoms with E-state index in [4.69, 9.17) is 0 Å². The highest BCUT2D eigenvalue weighted by Gasteiger charge is 2.24. The molecule has 1 aromatic rings. The van der Waals surface area contributed by atoms with Crippen molar-refractivity contribution in [3.63, 3.8) is 0 Å². The molecule has 0 saturated heterocycles. The van der Waals surface area contributed by atoms with Gasteiger partial charge in [-0.05, 0) is 57.9 Å². The number of allylic oxidation sites excluding steroid dienone is 1. The topological polar surface area (TPSA) is 66.9 Å². The van der Waals surface area contributed by atoms with Gasteiger partial charge in [-0.25, -0.2) is 9.97 Å². The summed E-state index contributed by atoms with van der Waals surface area (Å²) in [7, 11) is 0. The van der Waals surface area contributed by atoms with E-state index in [0.717, 1.165) is 31.5 Å². The summed E-state index contributed by atoms with van der Waals surface area (Å²) < 4.78 is 0. The first-order valence-corrected chi connectivity index (χ1v) is 8.29. The Hall–Kier alpha value is -1.91. The smallest absolute Gasteiger partial charge is 0.270 e. The van der Waals surface area contributed by atoms with E-state index in [1.807, 2.05) is 6.92 Å². The molecule has 1 aromatic heterocycles. The average Bonchev–Trinajstić information content (AvgIpc) is 3.32. The lowest BCUT2D eigenvalue weighted by Crippen LogP contribution is -2.27. The molecule has 0 atom stereocenters. The van der Waals surface area contributed by atoms with Crippen LogP contribution in [0.2, 0.25) is 0 Å². The third-order valence-corrected chi connectivity index (χ3v) is 4.11. The Labute approximate surface area is 131 Å². The number of hydrogen-bond acceptors (Lipinski definition) is 4. The molecule has 2 N–H and O–H groups in total. The lowest BCUT2D eigenvalue weighted by atomic mass is 9.97. The van der Waals surface area contributed by atoms with Gasteiger partial charge in [0.05, 0.1) is 0 Å². The number of nitrogens with zero attached hydrogens (tertiary/aromatic N) is 2. The van der Waals surface area contributed by atoms with Crippen molar-refractivity contribution >= 4 is 11.9 Å². The van der Waals surface area contributed by atoms with E-state index in [9.17, 15) is 4.79 Å². The molecular formula is C17H24N4O. The van der Waals surface area contributed by atoms with E-state index in [2.05, 4.69) is 26.7 Å². The molecule has 1 fully saturated rings. The summed E-state index contributed by atoms with van der Waals surface area (Å²) in [5.41, 5.74) is 2.80. The fraction of sp³-hybridized carbons (Fsp3) is 0.588. The van der Waals surface area contributed by atoms with Crippen molar-refractivity contribution in [3.05, 3.63) is 29.1 Å². The molecule has 3 rings (SSSR count). The highest BCUT2D eigenvalue weighted by Crippen LogP contribution is 2.20. The molecule has 2 aliphatic carbocycles. The van der Waals surface area contributed by atoms with Crippen molar-refractivity contribution in [1.29, 1.82) is 0 Å². The first-order valence-electron chi connectivity index (χ1n) is 8.29. The third kappa shape index (κ3) is 4.29. The van der Waals surface area contributed by atoms with Crippen molar-refractivity contribution in [2.24, 2.45) is 0 Å². The lowest BCUT2D eigenvalue weighted by Gasteiger charge is -2.13. The van der Waals surface area contributed by atoms with Crippen LogP contribution in [0.5, 0.6) is 0 Å². The van der Waals surface area contributed by atoms with Crippen LogP contribution in [0.25, 0.3) is 0 Å². The van der Waals surface area contributed by atoms with Crippen LogP contribution in [0.4, 0.5) is 5.95 Å². The molecule has 1 saturated carbocycles. The first kappa shape index (κ1) is 15.0. The second-order valence-electron chi connectivity index (χ2n) is 6.25. The van der Waals surface area contributed by atoms with Gasteiger partial charge in [0.15, 0.2) is 0 Å². The molecule has 0 bridgehead atoms. The van der Waals surface area contributed by atoms with Crippen molar-refractivity contribution in [1.82, 2.24) is 15.3 Å². The standard InChI is InChI=1S/C17H24N4O/c1-12-11-15(16(22)20-14-7-8-14)21-17(19-12)18-10-9-13-5-3-2-4-6-13/h5,11,14H,2-4,6-10H2,1H3,(H,20,22)(H,18,19,21). The summed E-state index contributed by atoms with van der Waals surface area (Å²) in [4.78, 5) is 20.8. The number of carbonyl (C=O) groups is 1. The van der Waals surface area contributed by atoms with Gasteiger partial charge in [0.1, 0.15) is 5.69 Å². The Morgan fingerprint density at radius 3 is 2.91 bits per heavy atom. The molecular weight excluding hydrogens is 276 g/mol. The van der Waals surface area contributed by atoms with E-state index in [0.29, 0.717) is 17.7 Å². The van der Waals surface area contributed by atoms with E-state index in [1.54, 1.807) is 6.07 Å². The maximum atomic E-state index is 12.1. The maximum absolute atomic E-state index is 12.1. The number of aromatic nitrogens is 2. The van der Waals surface area contributed by atoms with Crippen molar-refractivity contribution in [2.45, 2.75) is 57.9 Å². The molecule has 5 nitrogen and oxygen atoms in total. The molecule has 1 amide bonds. The zero-order chi connectivity index (χ0) is 15.4. The molecule has 0 radical (unpaired) electrons. The second kappa shape index (κ2) is 6.90. The van der Waals surface area contributed by atoms with Crippen LogP contribution in [0, 0.1) is 6.92 Å². The Morgan fingerprint density at radius 2 is 2.18 bits per heavy atom. The van der Waals surface area contributed by atoms with Gasteiger partial charge in [-0.2, -0.15) is 0 Å². The minimum absolute atomic E-state index is 0.0916. The molecule has 0 unspecified atom stereocenters. The Bertz CT molecular complexity index is 578. The number of aryl methyl sites for hydroxylation is 1. The lowest BCUT2D eigenvalue weighted by molar-refractivity contribution is 0.0946. The number of amides is 1. The van der Waals surface area contributed by atoms with Gasteiger partial charge in [0.2, 0.25) is 5.95 Å². The molecule has 1 heterocycles. The van der Waals surface area contributed by atoms with Gasteiger partial charge in [-0.3, -0.25) is 4.79 Å². The number of nitrogens with one attached hydrogen (secondary N) is 2. The Kier molecular flexibility index (Phi) is 4.71. The second-order valence-corrected chi connectivity index (χ2v) is 6.25. The summed E-state index contributed by atoms with van der Waals surface area (Å²) in [6.07, 6.45) is 10.6. The first-order chi connectivity index (χ1) is 10.7. The summed E-state index contributed by atoms with van der Waals surface area (Å²) in [5, 5.41) is 6.22. The predicted molar refractivity (Wildman–Crippen MR) is 86.9 cm³/mol. The highest BCUT2D eigenvalue weighted by molar-refractivity contribution is 5.93. The maximum Gasteiger partial charge on any atom is 0.270 e. The van der Waals surface area contributed by atoms with Gasteiger partial charge in [-0.15, -0.1) is 0 Å². The fourth-order valence-corrected chi connectivity index (χ4v) is 2.72. The van der Waals surface area contributed by atoms with Crippen LogP contribution in [-0.4, -0.2) is 28.5 Å². The minimum Gasteiger partial charge on any atom is -0.354 e. The van der Waals surface area contributed by atoms with Crippen molar-refractivity contribution < 1.29 is 4.79 Å². The van der Waals surface area contributed by atoms with Gasteiger partial charge in [0, 0.05) is 18.3 Å². The van der Waals surface area contributed by atoms with Gasteiger partial charge < -0.3 is 10.6 Å². The quantitative estimate of drug-likeness (QED) is 0.793. The summed E-state index contributed by atoms with van der Waals surface area (Å²) in [6, 6.07) is 2.09. The molecule has 22 heavy (non-hydrogen) atoms. The van der Waals surface area contributed by atoms with Crippen LogP contribution < -0.4 is 10.6 Å². The highest BCUT2D eigenvalue weighted by atomic mass is 16.2. The summed E-state index contributed by atoms with van der Waals surface area (Å²) in [5.74, 6) is 0.461. The Morgan fingerprint density at radius 1 is 1.32 bits per heavy atom. The summed E-state index contributed by atoms with van der Waals surface area (Å²) >= 11 is 0. The van der Waals surface area contributed by atoms with E-state index in [-0.39, 0.29) is 5.91 Å². The summed E-state index contributed by atoms with van der Waals surface area (Å²) in [6.45, 7) is 2.71. The van der Waals surface area contributed by atoms with Crippen LogP contribution in [-0.2, 0) is 0 Å². The zero-order valence-corrected chi connectivity index (χ0v) is 13.2. The SMILES string of the molecule is Cc1cc(C(=O)NC2CC2)nc(NCCC2=CCCCC2)n1. The molecule has 0 aromatic carbocycles. The van der Waals surface area contributed by atoms with E-state index < -0.39 is 0 Å². The van der Waals surface area contributed by atoms with Crippen LogP contribution in [0.3, 0.4) is 0 Å². The molecule has 0 aliphatic heterocycles. The molecule has 118 valence electrons. The third-order valence-electron chi connectivity index (χ3n) is 4.11. The molecule has 2 aliphatic rings. The van der Waals surface area contributed by atoms with Gasteiger partial charge in [-0.1, -0.05) is 11.6 Å². The van der Waals surface area contributed by atoms with Crippen LogP contribution in [0.1, 0.15) is 61.1 Å². The number of rotatable bonds is 6.